The molecular weight excluding hydrogens is 432 g/mol. The zero-order valence-electron chi connectivity index (χ0n) is 22.5. The molecule has 0 aromatic carbocycles. The molecule has 35 heavy (non-hydrogen) atoms. The highest BCUT2D eigenvalue weighted by Crippen LogP contribution is 2.67. The molecule has 13 unspecified atom stereocenters. The molecule has 5 saturated carbocycles. The highest BCUT2D eigenvalue weighted by atomic mass is 16.5. The van der Waals surface area contributed by atoms with Crippen molar-refractivity contribution in [2.75, 3.05) is 33.0 Å². The standard InChI is InChI=1S/C32H50O3/c1-4-6-7-27-20(3)23-11-25(28(27)13-23)15-34-18-32(5-2,17-33)19-35-16-26-12-24-14-29(26)31-22-9-8-21(10-22)30(24)31/h4,6,8-9,20-31,33H,5,7,10-19H2,1-3H3/b6-4-. The first-order chi connectivity index (χ1) is 17.1. The first-order valence-corrected chi connectivity index (χ1v) is 15.1. The fourth-order valence-corrected chi connectivity index (χ4v) is 10.4. The summed E-state index contributed by atoms with van der Waals surface area (Å²) in [4.78, 5) is 0. The zero-order chi connectivity index (χ0) is 24.2. The second-order valence-corrected chi connectivity index (χ2v) is 13.8. The lowest BCUT2D eigenvalue weighted by atomic mass is 9.69. The van der Waals surface area contributed by atoms with Crippen molar-refractivity contribution >= 4 is 0 Å². The Morgan fingerprint density at radius 1 is 0.886 bits per heavy atom. The average Bonchev–Trinajstić information content (AvgIpc) is 3.70. The first-order valence-electron chi connectivity index (χ1n) is 15.1. The Morgan fingerprint density at radius 2 is 1.54 bits per heavy atom. The van der Waals surface area contributed by atoms with E-state index in [1.54, 1.807) is 0 Å². The summed E-state index contributed by atoms with van der Waals surface area (Å²) in [5, 5.41) is 10.4. The van der Waals surface area contributed by atoms with E-state index >= 15 is 0 Å². The molecule has 1 N–H and O–H groups in total. The predicted octanol–water partition coefficient (Wildman–Crippen LogP) is 6.38. The molecule has 3 nitrogen and oxygen atoms in total. The molecule has 0 heterocycles. The van der Waals surface area contributed by atoms with E-state index in [0.717, 1.165) is 84.7 Å². The molecule has 0 aromatic heterocycles. The average molecular weight is 483 g/mol. The summed E-state index contributed by atoms with van der Waals surface area (Å²) in [6.45, 7) is 10.0. The van der Waals surface area contributed by atoms with Gasteiger partial charge in [0.1, 0.15) is 0 Å². The van der Waals surface area contributed by atoms with Crippen LogP contribution in [-0.2, 0) is 9.47 Å². The van der Waals surface area contributed by atoms with Gasteiger partial charge in [-0.3, -0.25) is 0 Å². The zero-order valence-corrected chi connectivity index (χ0v) is 22.5. The second-order valence-electron chi connectivity index (χ2n) is 13.8. The van der Waals surface area contributed by atoms with E-state index in [1.807, 2.05) is 0 Å². The van der Waals surface area contributed by atoms with Crippen molar-refractivity contribution in [2.45, 2.75) is 65.7 Å². The molecule has 3 heteroatoms. The molecule has 196 valence electrons. The van der Waals surface area contributed by atoms with Gasteiger partial charge in [-0.25, -0.2) is 0 Å². The number of fused-ring (bicyclic) bond motifs is 11. The minimum Gasteiger partial charge on any atom is -0.396 e. The Balaban J connectivity index is 0.973. The van der Waals surface area contributed by atoms with Crippen LogP contribution >= 0.6 is 0 Å². The summed E-state index contributed by atoms with van der Waals surface area (Å²) >= 11 is 0. The Bertz CT molecular complexity index is 799. The molecule has 6 bridgehead atoms. The van der Waals surface area contributed by atoms with Gasteiger partial charge in [-0.15, -0.1) is 0 Å². The van der Waals surface area contributed by atoms with Crippen LogP contribution in [0.2, 0.25) is 0 Å². The number of hydrogen-bond acceptors (Lipinski definition) is 3. The van der Waals surface area contributed by atoms with E-state index in [0.29, 0.717) is 19.1 Å². The van der Waals surface area contributed by atoms with E-state index < -0.39 is 0 Å². The third kappa shape index (κ3) is 4.20. The highest BCUT2D eigenvalue weighted by molar-refractivity contribution is 5.20. The highest BCUT2D eigenvalue weighted by Gasteiger charge is 2.60. The van der Waals surface area contributed by atoms with Crippen LogP contribution in [0.15, 0.2) is 24.3 Å². The van der Waals surface area contributed by atoms with Crippen LogP contribution in [0.25, 0.3) is 0 Å². The van der Waals surface area contributed by atoms with Gasteiger partial charge in [0.15, 0.2) is 0 Å². The number of ether oxygens (including phenoxy) is 2. The van der Waals surface area contributed by atoms with Gasteiger partial charge in [0.2, 0.25) is 0 Å². The van der Waals surface area contributed by atoms with Gasteiger partial charge in [-0.2, -0.15) is 0 Å². The van der Waals surface area contributed by atoms with E-state index in [9.17, 15) is 5.11 Å². The number of hydrogen-bond donors (Lipinski definition) is 1. The van der Waals surface area contributed by atoms with Gasteiger partial charge in [0, 0.05) is 18.6 Å². The second kappa shape index (κ2) is 9.91. The Morgan fingerprint density at radius 3 is 2.20 bits per heavy atom. The van der Waals surface area contributed by atoms with Gasteiger partial charge < -0.3 is 14.6 Å². The fourth-order valence-electron chi connectivity index (χ4n) is 10.4. The first kappa shape index (κ1) is 24.7. The minimum absolute atomic E-state index is 0.164. The summed E-state index contributed by atoms with van der Waals surface area (Å²) in [5.41, 5.74) is -0.245. The maximum Gasteiger partial charge on any atom is 0.0566 e. The van der Waals surface area contributed by atoms with Gasteiger partial charge in [0.05, 0.1) is 19.8 Å². The Labute approximate surface area is 214 Å². The summed E-state index contributed by atoms with van der Waals surface area (Å²) in [6, 6.07) is 0. The molecular formula is C32H50O3. The molecule has 0 spiro atoms. The quantitative estimate of drug-likeness (QED) is 0.259. The third-order valence-corrected chi connectivity index (χ3v) is 12.4. The smallest absolute Gasteiger partial charge is 0.0566 e. The number of aliphatic hydroxyl groups excluding tert-OH is 1. The monoisotopic (exact) mass is 482 g/mol. The molecule has 6 aliphatic carbocycles. The predicted molar refractivity (Wildman–Crippen MR) is 141 cm³/mol. The van der Waals surface area contributed by atoms with Crippen molar-refractivity contribution in [3.05, 3.63) is 24.3 Å². The van der Waals surface area contributed by atoms with Crippen molar-refractivity contribution in [3.63, 3.8) is 0 Å². The fraction of sp³-hybridized carbons (Fsp3) is 0.875. The summed E-state index contributed by atoms with van der Waals surface area (Å²) in [6.07, 6.45) is 18.8. The summed E-state index contributed by atoms with van der Waals surface area (Å²) in [7, 11) is 0. The van der Waals surface area contributed by atoms with Gasteiger partial charge in [0.25, 0.3) is 0 Å². The minimum atomic E-state index is -0.245. The summed E-state index contributed by atoms with van der Waals surface area (Å²) < 4.78 is 12.8. The van der Waals surface area contributed by atoms with Crippen LogP contribution in [0.4, 0.5) is 0 Å². The lowest BCUT2D eigenvalue weighted by molar-refractivity contribution is -0.0745. The largest absolute Gasteiger partial charge is 0.396 e. The van der Waals surface area contributed by atoms with Crippen LogP contribution in [0.5, 0.6) is 0 Å². The van der Waals surface area contributed by atoms with E-state index in [2.05, 4.69) is 45.1 Å². The van der Waals surface area contributed by atoms with Crippen molar-refractivity contribution in [2.24, 2.45) is 76.4 Å². The van der Waals surface area contributed by atoms with Crippen LogP contribution in [0.1, 0.15) is 65.7 Å². The van der Waals surface area contributed by atoms with Crippen molar-refractivity contribution in [1.82, 2.24) is 0 Å². The Hall–Kier alpha value is -0.640. The number of allylic oxidation sites excluding steroid dienone is 4. The third-order valence-electron chi connectivity index (χ3n) is 12.4. The number of rotatable bonds is 12. The van der Waals surface area contributed by atoms with Crippen molar-refractivity contribution in [3.8, 4) is 0 Å². The molecule has 0 aromatic rings. The van der Waals surface area contributed by atoms with Gasteiger partial charge >= 0.3 is 0 Å². The molecule has 13 atom stereocenters. The van der Waals surface area contributed by atoms with Gasteiger partial charge in [-0.05, 0) is 123 Å². The van der Waals surface area contributed by atoms with Crippen LogP contribution < -0.4 is 0 Å². The number of aliphatic hydroxyl groups is 1. The molecule has 0 aliphatic heterocycles. The molecule has 5 fully saturated rings. The SMILES string of the molecule is C/C=C\CC1C(C)C2CC(COCC(CC)(CO)COCC3CC4CC3C3C5C=CC(C5)C43)C1C2. The molecule has 6 rings (SSSR count). The molecule has 0 radical (unpaired) electrons. The van der Waals surface area contributed by atoms with E-state index in [4.69, 9.17) is 9.47 Å². The van der Waals surface area contributed by atoms with Crippen molar-refractivity contribution in [1.29, 1.82) is 0 Å². The van der Waals surface area contributed by atoms with Gasteiger partial charge in [-0.1, -0.05) is 38.2 Å². The lowest BCUT2D eigenvalue weighted by Crippen LogP contribution is -2.38. The van der Waals surface area contributed by atoms with Crippen LogP contribution in [0.3, 0.4) is 0 Å². The van der Waals surface area contributed by atoms with Crippen molar-refractivity contribution < 1.29 is 14.6 Å². The normalized spacial score (nSPS) is 48.5. The molecule has 6 aliphatic rings. The van der Waals surface area contributed by atoms with Crippen LogP contribution in [-0.4, -0.2) is 38.1 Å². The molecule has 0 amide bonds. The molecule has 0 saturated heterocycles. The van der Waals surface area contributed by atoms with E-state index in [1.165, 1.54) is 38.5 Å². The van der Waals surface area contributed by atoms with E-state index in [-0.39, 0.29) is 12.0 Å². The Kier molecular flexibility index (Phi) is 6.99. The maximum atomic E-state index is 10.4. The maximum absolute atomic E-state index is 10.4. The van der Waals surface area contributed by atoms with Crippen LogP contribution in [0, 0.1) is 76.4 Å². The topological polar surface area (TPSA) is 38.7 Å². The summed E-state index contributed by atoms with van der Waals surface area (Å²) in [5.74, 6) is 10.4. The lowest BCUT2D eigenvalue weighted by Gasteiger charge is -2.37.